The van der Waals surface area contributed by atoms with E-state index < -0.39 is 21.2 Å². The maximum absolute atomic E-state index is 13.8. The molecule has 37 heavy (non-hydrogen) atoms. The Bertz CT molecular complexity index is 1440. The lowest BCUT2D eigenvalue weighted by Gasteiger charge is -2.47. The fraction of sp³-hybridized carbons (Fsp3) is 0.542. The molecule has 1 aromatic heterocycles. The van der Waals surface area contributed by atoms with Crippen LogP contribution in [0.1, 0.15) is 26.2 Å². The molecule has 4 amide bonds. The Morgan fingerprint density at radius 3 is 2.54 bits per heavy atom. The fourth-order valence-electron chi connectivity index (χ4n) is 6.51. The highest BCUT2D eigenvalue weighted by Gasteiger charge is 2.69. The van der Waals surface area contributed by atoms with E-state index in [0.717, 1.165) is 21.4 Å². The molecule has 2 aromatic rings. The van der Waals surface area contributed by atoms with Gasteiger partial charge in [0, 0.05) is 42.8 Å². The summed E-state index contributed by atoms with van der Waals surface area (Å²) >= 11 is 7.22. The normalized spacial score (nSPS) is 25.9. The average Bonchev–Trinajstić information content (AvgIpc) is 3.48. The summed E-state index contributed by atoms with van der Waals surface area (Å²) in [6, 6.07) is 6.62. The van der Waals surface area contributed by atoms with Gasteiger partial charge in [-0.1, -0.05) is 24.6 Å². The van der Waals surface area contributed by atoms with E-state index in [0.29, 0.717) is 43.9 Å². The SMILES string of the molecule is CCC(=O)N1CCC2(CC1)CN1C(=O)CN(S(=O)(=O)c3cc4ccc(Cl)cc4s3)CC13CN(C)C(=O)N23. The first-order valence-electron chi connectivity index (χ1n) is 12.3. The summed E-state index contributed by atoms with van der Waals surface area (Å²) < 4.78 is 29.8. The van der Waals surface area contributed by atoms with Gasteiger partial charge in [-0.3, -0.25) is 14.5 Å². The minimum Gasteiger partial charge on any atom is -0.343 e. The van der Waals surface area contributed by atoms with Crippen LogP contribution in [0, 0.1) is 0 Å². The molecule has 0 bridgehead atoms. The molecule has 0 radical (unpaired) electrons. The van der Waals surface area contributed by atoms with E-state index in [4.69, 9.17) is 11.6 Å². The second kappa shape index (κ2) is 8.29. The van der Waals surface area contributed by atoms with Crippen LogP contribution in [0.4, 0.5) is 4.79 Å². The first-order chi connectivity index (χ1) is 17.5. The Hall–Kier alpha value is -2.41. The van der Waals surface area contributed by atoms with E-state index in [2.05, 4.69) is 0 Å². The third-order valence-corrected chi connectivity index (χ3v) is 11.9. The minimum absolute atomic E-state index is 0.00547. The van der Waals surface area contributed by atoms with Gasteiger partial charge in [0.2, 0.25) is 11.8 Å². The zero-order chi connectivity index (χ0) is 26.3. The van der Waals surface area contributed by atoms with Gasteiger partial charge >= 0.3 is 6.03 Å². The number of piperidine rings is 1. The number of rotatable bonds is 3. The van der Waals surface area contributed by atoms with Gasteiger partial charge in [0.25, 0.3) is 10.0 Å². The Kier molecular flexibility index (Phi) is 5.58. The highest BCUT2D eigenvalue weighted by Crippen LogP contribution is 2.50. The van der Waals surface area contributed by atoms with E-state index in [9.17, 15) is 22.8 Å². The summed E-state index contributed by atoms with van der Waals surface area (Å²) in [6.45, 7) is 3.15. The topological polar surface area (TPSA) is 102 Å². The number of amides is 4. The largest absolute Gasteiger partial charge is 0.343 e. The molecule has 1 atom stereocenters. The van der Waals surface area contributed by atoms with Gasteiger partial charge in [0.05, 0.1) is 25.2 Å². The summed E-state index contributed by atoms with van der Waals surface area (Å²) in [4.78, 5) is 46.2. The maximum Gasteiger partial charge on any atom is 0.322 e. The zero-order valence-electron chi connectivity index (χ0n) is 20.6. The van der Waals surface area contributed by atoms with Crippen molar-refractivity contribution in [2.24, 2.45) is 0 Å². The van der Waals surface area contributed by atoms with Crippen molar-refractivity contribution in [2.45, 2.75) is 41.6 Å². The van der Waals surface area contributed by atoms with Crippen molar-refractivity contribution in [1.29, 1.82) is 0 Å². The van der Waals surface area contributed by atoms with Gasteiger partial charge in [-0.05, 0) is 36.4 Å². The molecule has 0 aliphatic carbocycles. The number of urea groups is 1. The van der Waals surface area contributed by atoms with Gasteiger partial charge in [-0.2, -0.15) is 4.31 Å². The maximum atomic E-state index is 13.8. The molecular weight excluding hydrogens is 538 g/mol. The van der Waals surface area contributed by atoms with Crippen molar-refractivity contribution in [1.82, 2.24) is 23.9 Å². The number of nitrogens with zero attached hydrogens (tertiary/aromatic N) is 5. The third-order valence-electron chi connectivity index (χ3n) is 8.30. The van der Waals surface area contributed by atoms with Gasteiger partial charge in [0.15, 0.2) is 5.66 Å². The van der Waals surface area contributed by atoms with Crippen molar-refractivity contribution < 1.29 is 22.8 Å². The number of piperazine rings is 1. The number of hydrogen-bond acceptors (Lipinski definition) is 6. The van der Waals surface area contributed by atoms with Crippen molar-refractivity contribution >= 4 is 60.9 Å². The van der Waals surface area contributed by atoms with Gasteiger partial charge in [-0.25, -0.2) is 13.2 Å². The first-order valence-corrected chi connectivity index (χ1v) is 15.0. The molecule has 10 nitrogen and oxygen atoms in total. The fourth-order valence-corrected chi connectivity index (χ4v) is 9.78. The number of carbonyl (C=O) groups excluding carboxylic acids is 3. The highest BCUT2D eigenvalue weighted by molar-refractivity contribution is 7.91. The molecule has 0 saturated carbocycles. The van der Waals surface area contributed by atoms with Crippen LogP contribution in [0.3, 0.4) is 0 Å². The number of halogens is 1. The van der Waals surface area contributed by atoms with Crippen molar-refractivity contribution in [3.63, 3.8) is 0 Å². The van der Waals surface area contributed by atoms with E-state index >= 15 is 0 Å². The van der Waals surface area contributed by atoms with Crippen LogP contribution in [0.5, 0.6) is 0 Å². The lowest BCUT2D eigenvalue weighted by molar-refractivity contribution is -0.143. The van der Waals surface area contributed by atoms with Gasteiger partial charge < -0.3 is 14.7 Å². The summed E-state index contributed by atoms with van der Waals surface area (Å²) in [7, 11) is -2.32. The lowest BCUT2D eigenvalue weighted by atomic mass is 9.86. The van der Waals surface area contributed by atoms with Crippen LogP contribution < -0.4 is 0 Å². The molecule has 13 heteroatoms. The van der Waals surface area contributed by atoms with Crippen molar-refractivity contribution in [3.05, 3.63) is 29.3 Å². The molecular formula is C24H28ClN5O5S2. The molecule has 5 heterocycles. The number of likely N-dealkylation sites (tertiary alicyclic amines) is 1. The molecule has 4 fully saturated rings. The number of hydrogen-bond donors (Lipinski definition) is 0. The van der Waals surface area contributed by atoms with Crippen molar-refractivity contribution in [2.75, 3.05) is 46.3 Å². The lowest BCUT2D eigenvalue weighted by Crippen LogP contribution is -2.68. The zero-order valence-corrected chi connectivity index (χ0v) is 23.0. The van der Waals surface area contributed by atoms with E-state index in [1.165, 1.54) is 4.31 Å². The molecule has 4 aliphatic rings. The number of fused-ring (bicyclic) bond motifs is 2. The number of thiophene rings is 1. The number of benzene rings is 1. The van der Waals surface area contributed by atoms with Crippen molar-refractivity contribution in [3.8, 4) is 0 Å². The van der Waals surface area contributed by atoms with Gasteiger partial charge in [-0.15, -0.1) is 11.3 Å². The minimum atomic E-state index is -4.00. The molecule has 1 unspecified atom stereocenters. The number of sulfonamides is 1. The highest BCUT2D eigenvalue weighted by atomic mass is 35.5. The van der Waals surface area contributed by atoms with E-state index in [1.807, 2.05) is 11.8 Å². The molecule has 1 aromatic carbocycles. The Morgan fingerprint density at radius 1 is 1.11 bits per heavy atom. The summed E-state index contributed by atoms with van der Waals surface area (Å²) in [5, 5.41) is 1.29. The number of likely N-dealkylation sites (N-methyl/N-ethyl adjacent to an activating group) is 1. The number of carbonyl (C=O) groups is 3. The average molecular weight is 566 g/mol. The molecule has 198 valence electrons. The third kappa shape index (κ3) is 3.52. The smallest absolute Gasteiger partial charge is 0.322 e. The molecule has 4 saturated heterocycles. The van der Waals surface area contributed by atoms with E-state index in [-0.39, 0.29) is 41.7 Å². The summed E-state index contributed by atoms with van der Waals surface area (Å²) in [5.41, 5.74) is -1.71. The van der Waals surface area contributed by atoms with Crippen LogP contribution in [0.2, 0.25) is 5.02 Å². The predicted octanol–water partition coefficient (Wildman–Crippen LogP) is 2.24. The van der Waals surface area contributed by atoms with Crippen LogP contribution in [-0.4, -0.2) is 108 Å². The van der Waals surface area contributed by atoms with Gasteiger partial charge in [0.1, 0.15) is 4.21 Å². The van der Waals surface area contributed by atoms with Crippen LogP contribution in [0.15, 0.2) is 28.5 Å². The molecule has 4 aliphatic heterocycles. The molecule has 2 spiro atoms. The standard InChI is InChI=1S/C24H28ClN5O5S2/c1-3-19(31)27-8-6-23(7-9-27)13-29-20(32)12-28(15-24(29)14-26(2)22(33)30(23)24)37(34,35)21-10-16-4-5-17(25)11-18(16)36-21/h4-5,10-11H,3,6-9,12-15H2,1-2H3. The molecule has 6 rings (SSSR count). The predicted molar refractivity (Wildman–Crippen MR) is 139 cm³/mol. The molecule has 0 N–H and O–H groups in total. The van der Waals surface area contributed by atoms with E-state index in [1.54, 1.807) is 46.0 Å². The Balaban J connectivity index is 1.36. The second-order valence-electron chi connectivity index (χ2n) is 10.4. The first kappa shape index (κ1) is 24.9. The van der Waals surface area contributed by atoms with Crippen LogP contribution in [-0.2, 0) is 19.6 Å². The summed E-state index contributed by atoms with van der Waals surface area (Å²) in [6.07, 6.45) is 1.52. The second-order valence-corrected chi connectivity index (χ2v) is 14.1. The quantitative estimate of drug-likeness (QED) is 0.568. The Morgan fingerprint density at radius 2 is 1.84 bits per heavy atom. The summed E-state index contributed by atoms with van der Waals surface area (Å²) in [5.74, 6) is -0.237. The van der Waals surface area contributed by atoms with Crippen LogP contribution >= 0.6 is 22.9 Å². The Labute approximate surface area is 224 Å². The van der Waals surface area contributed by atoms with Crippen LogP contribution in [0.25, 0.3) is 10.1 Å². The monoisotopic (exact) mass is 565 g/mol.